The summed E-state index contributed by atoms with van der Waals surface area (Å²) < 4.78 is 10.4. The Morgan fingerprint density at radius 2 is 1.79 bits per heavy atom. The predicted octanol–water partition coefficient (Wildman–Crippen LogP) is 4.29. The van der Waals surface area contributed by atoms with E-state index in [0.717, 1.165) is 29.7 Å². The molecule has 0 fully saturated rings. The number of carbonyl (C=O) groups is 1. The van der Waals surface area contributed by atoms with E-state index in [-0.39, 0.29) is 5.57 Å². The van der Waals surface area contributed by atoms with E-state index in [0.29, 0.717) is 17.2 Å². The zero-order chi connectivity index (χ0) is 20.5. The molecule has 0 aromatic heterocycles. The van der Waals surface area contributed by atoms with Crippen LogP contribution in [-0.2, 0) is 17.6 Å². The summed E-state index contributed by atoms with van der Waals surface area (Å²) in [7, 11) is 3.04. The average Bonchev–Trinajstić information content (AvgIpc) is 2.73. The van der Waals surface area contributed by atoms with Gasteiger partial charge in [0.2, 0.25) is 0 Å². The standard InChI is InChI=1S/C22H25N3O3/c1-5-15-8-7-9-16(6-2)21(15)24-14-17(13-23)22(26)25-19-12-18(27-3)10-11-20(19)28-4/h7-12,14,24H,5-6H2,1-4H3,(H,25,26)/b17-14-. The third-order valence-corrected chi connectivity index (χ3v) is 4.38. The van der Waals surface area contributed by atoms with Gasteiger partial charge in [0.25, 0.3) is 5.91 Å². The van der Waals surface area contributed by atoms with Crippen molar-refractivity contribution < 1.29 is 14.3 Å². The van der Waals surface area contributed by atoms with E-state index in [1.807, 2.05) is 24.3 Å². The highest BCUT2D eigenvalue weighted by molar-refractivity contribution is 6.07. The number of ether oxygens (including phenoxy) is 2. The van der Waals surface area contributed by atoms with E-state index in [1.54, 1.807) is 18.2 Å². The monoisotopic (exact) mass is 379 g/mol. The van der Waals surface area contributed by atoms with E-state index in [1.165, 1.54) is 20.4 Å². The molecule has 28 heavy (non-hydrogen) atoms. The molecule has 6 nitrogen and oxygen atoms in total. The summed E-state index contributed by atoms with van der Waals surface area (Å²) in [4.78, 5) is 12.6. The van der Waals surface area contributed by atoms with Crippen molar-refractivity contribution >= 4 is 17.3 Å². The first-order valence-electron chi connectivity index (χ1n) is 9.08. The SMILES string of the molecule is CCc1cccc(CC)c1N/C=C(/C#N)C(=O)Nc1cc(OC)ccc1OC. The van der Waals surface area contributed by atoms with Crippen molar-refractivity contribution in [2.45, 2.75) is 26.7 Å². The number of nitriles is 1. The highest BCUT2D eigenvalue weighted by Crippen LogP contribution is 2.29. The molecule has 0 atom stereocenters. The van der Waals surface area contributed by atoms with Crippen molar-refractivity contribution in [3.8, 4) is 17.6 Å². The van der Waals surface area contributed by atoms with Crippen LogP contribution in [-0.4, -0.2) is 20.1 Å². The van der Waals surface area contributed by atoms with Gasteiger partial charge in [-0.1, -0.05) is 32.0 Å². The number of nitrogens with zero attached hydrogens (tertiary/aromatic N) is 1. The zero-order valence-corrected chi connectivity index (χ0v) is 16.6. The molecule has 146 valence electrons. The van der Waals surface area contributed by atoms with E-state index in [2.05, 4.69) is 24.5 Å². The van der Waals surface area contributed by atoms with Gasteiger partial charge in [0.1, 0.15) is 23.1 Å². The molecule has 0 bridgehead atoms. The molecular formula is C22H25N3O3. The second-order valence-electron chi connectivity index (χ2n) is 5.99. The first-order valence-corrected chi connectivity index (χ1v) is 9.08. The van der Waals surface area contributed by atoms with Crippen LogP contribution in [0.1, 0.15) is 25.0 Å². The quantitative estimate of drug-likeness (QED) is 0.528. The number of rotatable bonds is 8. The molecular weight excluding hydrogens is 354 g/mol. The van der Waals surface area contributed by atoms with Crippen LogP contribution in [0.15, 0.2) is 48.2 Å². The number of amides is 1. The number of carbonyl (C=O) groups excluding carboxylic acids is 1. The van der Waals surface area contributed by atoms with Gasteiger partial charge < -0.3 is 20.1 Å². The maximum Gasteiger partial charge on any atom is 0.267 e. The van der Waals surface area contributed by atoms with Gasteiger partial charge in [-0.2, -0.15) is 5.26 Å². The van der Waals surface area contributed by atoms with Gasteiger partial charge in [-0.05, 0) is 36.1 Å². The number of benzene rings is 2. The fourth-order valence-electron chi connectivity index (χ4n) is 2.82. The van der Waals surface area contributed by atoms with Gasteiger partial charge in [0, 0.05) is 18.0 Å². The van der Waals surface area contributed by atoms with E-state index < -0.39 is 5.91 Å². The van der Waals surface area contributed by atoms with Crippen molar-refractivity contribution in [1.29, 1.82) is 5.26 Å². The summed E-state index contributed by atoms with van der Waals surface area (Å²) in [5, 5.41) is 15.3. The number of aryl methyl sites for hydroxylation is 2. The van der Waals surface area contributed by atoms with Crippen molar-refractivity contribution in [1.82, 2.24) is 0 Å². The molecule has 2 aromatic carbocycles. The number of methoxy groups -OCH3 is 2. The van der Waals surface area contributed by atoms with Crippen LogP contribution in [0.25, 0.3) is 0 Å². The molecule has 0 spiro atoms. The largest absolute Gasteiger partial charge is 0.497 e. The lowest BCUT2D eigenvalue weighted by Crippen LogP contribution is -2.15. The van der Waals surface area contributed by atoms with Gasteiger partial charge in [-0.3, -0.25) is 4.79 Å². The number of para-hydroxylation sites is 1. The van der Waals surface area contributed by atoms with Crippen molar-refractivity contribution in [2.75, 3.05) is 24.9 Å². The van der Waals surface area contributed by atoms with Crippen LogP contribution in [0.4, 0.5) is 11.4 Å². The van der Waals surface area contributed by atoms with Gasteiger partial charge in [0.05, 0.1) is 19.9 Å². The van der Waals surface area contributed by atoms with E-state index in [4.69, 9.17) is 9.47 Å². The van der Waals surface area contributed by atoms with Crippen LogP contribution in [0.5, 0.6) is 11.5 Å². The summed E-state index contributed by atoms with van der Waals surface area (Å²) in [6.07, 6.45) is 3.13. The van der Waals surface area contributed by atoms with Crippen molar-refractivity contribution in [3.63, 3.8) is 0 Å². The minimum absolute atomic E-state index is 0.0437. The molecule has 0 radical (unpaired) electrons. The summed E-state index contributed by atoms with van der Waals surface area (Å²) in [6, 6.07) is 13.1. The summed E-state index contributed by atoms with van der Waals surface area (Å²) in [6.45, 7) is 4.13. The maximum atomic E-state index is 12.6. The fourth-order valence-corrected chi connectivity index (χ4v) is 2.82. The molecule has 0 aliphatic carbocycles. The molecule has 0 saturated carbocycles. The van der Waals surface area contributed by atoms with Gasteiger partial charge >= 0.3 is 0 Å². The topological polar surface area (TPSA) is 83.4 Å². The zero-order valence-electron chi connectivity index (χ0n) is 16.6. The van der Waals surface area contributed by atoms with E-state index in [9.17, 15) is 10.1 Å². The highest BCUT2D eigenvalue weighted by atomic mass is 16.5. The van der Waals surface area contributed by atoms with Crippen LogP contribution in [0.2, 0.25) is 0 Å². The first kappa shape index (κ1) is 20.8. The molecule has 0 unspecified atom stereocenters. The Morgan fingerprint density at radius 3 is 2.32 bits per heavy atom. The Labute approximate surface area is 165 Å². The fraction of sp³-hybridized carbons (Fsp3) is 0.273. The molecule has 0 heterocycles. The van der Waals surface area contributed by atoms with Crippen molar-refractivity contribution in [3.05, 3.63) is 59.3 Å². The number of anilines is 2. The lowest BCUT2D eigenvalue weighted by Gasteiger charge is -2.14. The van der Waals surface area contributed by atoms with Crippen LogP contribution >= 0.6 is 0 Å². The Hall–Kier alpha value is -3.46. The smallest absolute Gasteiger partial charge is 0.267 e. The highest BCUT2D eigenvalue weighted by Gasteiger charge is 2.14. The lowest BCUT2D eigenvalue weighted by atomic mass is 10.0. The van der Waals surface area contributed by atoms with Crippen LogP contribution < -0.4 is 20.1 Å². The molecule has 2 N–H and O–H groups in total. The third-order valence-electron chi connectivity index (χ3n) is 4.38. The normalized spacial score (nSPS) is 10.8. The molecule has 0 saturated heterocycles. The Balaban J connectivity index is 2.27. The van der Waals surface area contributed by atoms with Crippen LogP contribution in [0, 0.1) is 11.3 Å². The molecule has 0 aliphatic heterocycles. The Kier molecular flexibility index (Phi) is 7.46. The molecule has 6 heteroatoms. The summed E-state index contributed by atoms with van der Waals surface area (Å²) in [5.74, 6) is 0.513. The Morgan fingerprint density at radius 1 is 1.11 bits per heavy atom. The van der Waals surface area contributed by atoms with E-state index >= 15 is 0 Å². The second-order valence-corrected chi connectivity index (χ2v) is 5.99. The number of nitrogens with one attached hydrogen (secondary N) is 2. The maximum absolute atomic E-state index is 12.6. The minimum Gasteiger partial charge on any atom is -0.497 e. The third kappa shape index (κ3) is 4.83. The molecule has 1 amide bonds. The second kappa shape index (κ2) is 10.0. The number of hydrogen-bond donors (Lipinski definition) is 2. The molecule has 2 rings (SSSR count). The average molecular weight is 379 g/mol. The first-order chi connectivity index (χ1) is 13.6. The predicted molar refractivity (Wildman–Crippen MR) is 111 cm³/mol. The Bertz CT molecular complexity index is 891. The van der Waals surface area contributed by atoms with Gasteiger partial charge in [-0.25, -0.2) is 0 Å². The lowest BCUT2D eigenvalue weighted by molar-refractivity contribution is -0.112. The summed E-state index contributed by atoms with van der Waals surface area (Å²) >= 11 is 0. The van der Waals surface area contributed by atoms with Gasteiger partial charge in [-0.15, -0.1) is 0 Å². The molecule has 2 aromatic rings. The minimum atomic E-state index is -0.534. The van der Waals surface area contributed by atoms with Gasteiger partial charge in [0.15, 0.2) is 0 Å². The summed E-state index contributed by atoms with van der Waals surface area (Å²) in [5.41, 5.74) is 3.58. The molecule has 0 aliphatic rings. The van der Waals surface area contributed by atoms with Crippen LogP contribution in [0.3, 0.4) is 0 Å². The number of hydrogen-bond acceptors (Lipinski definition) is 5. The van der Waals surface area contributed by atoms with Crippen molar-refractivity contribution in [2.24, 2.45) is 0 Å².